The smallest absolute Gasteiger partial charge is 0.247 e. The second kappa shape index (κ2) is 16.4. The second-order valence-corrected chi connectivity index (χ2v) is 15.1. The van der Waals surface area contributed by atoms with Gasteiger partial charge in [-0.15, -0.1) is 0 Å². The molecular formula is C40H44N6O5S. The molecule has 0 radical (unpaired) electrons. The van der Waals surface area contributed by atoms with Crippen molar-refractivity contribution in [2.24, 2.45) is 22.6 Å². The predicted molar refractivity (Wildman–Crippen MR) is 202 cm³/mol. The summed E-state index contributed by atoms with van der Waals surface area (Å²) >= 11 is 0. The Labute approximate surface area is 304 Å². The lowest BCUT2D eigenvalue weighted by Crippen LogP contribution is -2.48. The normalized spacial score (nSPS) is 17.7. The Kier molecular flexibility index (Phi) is 11.5. The van der Waals surface area contributed by atoms with Gasteiger partial charge in [0.15, 0.2) is 5.84 Å². The summed E-state index contributed by atoms with van der Waals surface area (Å²) in [5.74, 6) is 0.492. The van der Waals surface area contributed by atoms with Crippen LogP contribution in [0.15, 0.2) is 119 Å². The van der Waals surface area contributed by atoms with E-state index in [1.807, 2.05) is 61.5 Å². The molecule has 12 heteroatoms. The number of hydrogen-bond acceptors (Lipinski definition) is 8. The first-order valence-electron chi connectivity index (χ1n) is 17.4. The average Bonchev–Trinajstić information content (AvgIpc) is 3.60. The molecule has 2 amide bonds. The number of hydrogen-bond donors (Lipinski definition) is 5. The fourth-order valence-corrected chi connectivity index (χ4v) is 7.58. The Morgan fingerprint density at radius 1 is 0.923 bits per heavy atom. The molecule has 1 atom stereocenters. The van der Waals surface area contributed by atoms with Gasteiger partial charge in [0, 0.05) is 30.1 Å². The van der Waals surface area contributed by atoms with E-state index in [0.29, 0.717) is 24.0 Å². The Morgan fingerprint density at radius 2 is 1.65 bits per heavy atom. The number of nitrogens with zero attached hydrogens (tertiary/aromatic N) is 1. The molecule has 0 bridgehead atoms. The monoisotopic (exact) mass is 720 g/mol. The second-order valence-electron chi connectivity index (χ2n) is 13.3. The largest absolute Gasteiger partial charge is 0.361 e. The third-order valence-corrected chi connectivity index (χ3v) is 11.0. The zero-order chi connectivity index (χ0) is 36.7. The molecule has 1 aliphatic heterocycles. The summed E-state index contributed by atoms with van der Waals surface area (Å²) < 4.78 is 29.3. The van der Waals surface area contributed by atoms with E-state index in [1.54, 1.807) is 42.5 Å². The minimum atomic E-state index is -3.79. The van der Waals surface area contributed by atoms with Crippen molar-refractivity contribution in [3.63, 3.8) is 0 Å². The van der Waals surface area contributed by atoms with E-state index in [4.69, 9.17) is 10.6 Å². The number of carbonyl (C=O) groups is 2. The standard InChI is InChI=1S/C40H44N6O5S/c1-26-11-20-35(52(49,50)42-25-29-7-4-3-5-8-29)23-36(26)33-10-6-9-30(21-33)22-37(45-39(47)32-14-12-28(24-41)13-15-32)40(48)44-34-18-16-31(17-19-34)38-43-27(2)51-46-38/h3-11,16-21,23,28,32,37,42H,2,12-15,22,24-25,41H2,1H3,(H,43,46)(H,44,48)(H,45,47)/t28?,32?,37-/m0/s1. The SMILES string of the molecule is C=C1N=C(c2ccc(NC(=O)[C@H](Cc3cccc(-c4cc(S(=O)(=O)NCc5ccccc5)ccc4C)c3)NC(=O)C3CCC(CN)CC3)cc2)NO1. The molecule has 6 rings (SSSR count). The molecule has 0 spiro atoms. The lowest BCUT2D eigenvalue weighted by Gasteiger charge is -2.28. The van der Waals surface area contributed by atoms with Gasteiger partial charge in [0.25, 0.3) is 0 Å². The van der Waals surface area contributed by atoms with Crippen molar-refractivity contribution in [2.45, 2.75) is 56.5 Å². The van der Waals surface area contributed by atoms with Crippen LogP contribution in [-0.2, 0) is 37.4 Å². The van der Waals surface area contributed by atoms with Gasteiger partial charge in [0.1, 0.15) is 6.04 Å². The number of hydroxylamine groups is 1. The van der Waals surface area contributed by atoms with E-state index < -0.39 is 16.1 Å². The van der Waals surface area contributed by atoms with Gasteiger partial charge in [-0.2, -0.15) is 4.99 Å². The highest BCUT2D eigenvalue weighted by molar-refractivity contribution is 7.89. The number of sulfonamides is 1. The zero-order valence-electron chi connectivity index (χ0n) is 29.1. The summed E-state index contributed by atoms with van der Waals surface area (Å²) in [6, 6.07) is 28.3. The first-order valence-corrected chi connectivity index (χ1v) is 18.9. The minimum Gasteiger partial charge on any atom is -0.361 e. The van der Waals surface area contributed by atoms with E-state index in [1.165, 1.54) is 0 Å². The highest BCUT2D eigenvalue weighted by Crippen LogP contribution is 2.30. The van der Waals surface area contributed by atoms with Gasteiger partial charge >= 0.3 is 0 Å². The lowest BCUT2D eigenvalue weighted by molar-refractivity contribution is -0.130. The molecule has 270 valence electrons. The maximum absolute atomic E-state index is 13.9. The van der Waals surface area contributed by atoms with Gasteiger partial charge in [-0.05, 0) is 116 Å². The first kappa shape index (κ1) is 36.5. The van der Waals surface area contributed by atoms with Crippen molar-refractivity contribution in [1.82, 2.24) is 15.5 Å². The maximum atomic E-state index is 13.9. The maximum Gasteiger partial charge on any atom is 0.247 e. The van der Waals surface area contributed by atoms with Gasteiger partial charge in [0.2, 0.25) is 27.7 Å². The number of aliphatic imine (C=N–C) groups is 1. The van der Waals surface area contributed by atoms with Crippen molar-refractivity contribution < 1.29 is 22.8 Å². The molecule has 1 fully saturated rings. The first-order chi connectivity index (χ1) is 25.1. The Morgan fingerprint density at radius 3 is 2.35 bits per heavy atom. The molecule has 11 nitrogen and oxygen atoms in total. The Bertz CT molecular complexity index is 2060. The van der Waals surface area contributed by atoms with Crippen molar-refractivity contribution in [1.29, 1.82) is 0 Å². The molecule has 4 aromatic carbocycles. The van der Waals surface area contributed by atoms with Gasteiger partial charge in [-0.25, -0.2) is 18.6 Å². The van der Waals surface area contributed by atoms with Crippen LogP contribution >= 0.6 is 0 Å². The van der Waals surface area contributed by atoms with Crippen molar-refractivity contribution in [2.75, 3.05) is 11.9 Å². The third-order valence-electron chi connectivity index (χ3n) is 9.62. The predicted octanol–water partition coefficient (Wildman–Crippen LogP) is 5.32. The highest BCUT2D eigenvalue weighted by atomic mass is 32.2. The summed E-state index contributed by atoms with van der Waals surface area (Å²) in [5, 5.41) is 6.01. The molecule has 0 aromatic heterocycles. The topological polar surface area (TPSA) is 164 Å². The van der Waals surface area contributed by atoms with Gasteiger partial charge < -0.3 is 21.2 Å². The summed E-state index contributed by atoms with van der Waals surface area (Å²) in [6.07, 6.45) is 3.44. The van der Waals surface area contributed by atoms with Crippen LogP contribution in [0.5, 0.6) is 0 Å². The number of nitrogens with one attached hydrogen (secondary N) is 4. The lowest BCUT2D eigenvalue weighted by atomic mass is 9.81. The van der Waals surface area contributed by atoms with E-state index in [9.17, 15) is 18.0 Å². The summed E-state index contributed by atoms with van der Waals surface area (Å²) in [7, 11) is -3.79. The van der Waals surface area contributed by atoms with Crippen LogP contribution in [-0.4, -0.2) is 38.7 Å². The number of benzene rings is 4. The van der Waals surface area contributed by atoms with Crippen LogP contribution in [0.1, 0.15) is 47.9 Å². The molecule has 1 heterocycles. The quantitative estimate of drug-likeness (QED) is 0.125. The fraction of sp³-hybridized carbons (Fsp3) is 0.275. The van der Waals surface area contributed by atoms with Crippen LogP contribution in [0.2, 0.25) is 0 Å². The molecule has 4 aromatic rings. The molecule has 6 N–H and O–H groups in total. The molecular weight excluding hydrogens is 677 g/mol. The van der Waals surface area contributed by atoms with E-state index >= 15 is 0 Å². The van der Waals surface area contributed by atoms with Crippen LogP contribution in [0.25, 0.3) is 11.1 Å². The molecule has 0 unspecified atom stereocenters. The van der Waals surface area contributed by atoms with E-state index in [0.717, 1.165) is 59.1 Å². The number of carbonyl (C=O) groups excluding carboxylic acids is 2. The van der Waals surface area contributed by atoms with Crippen LogP contribution in [0.3, 0.4) is 0 Å². The minimum absolute atomic E-state index is 0.149. The van der Waals surface area contributed by atoms with Gasteiger partial charge in [0.05, 0.1) is 4.90 Å². The molecule has 52 heavy (non-hydrogen) atoms. The van der Waals surface area contributed by atoms with Crippen molar-refractivity contribution in [3.8, 4) is 11.1 Å². The van der Waals surface area contributed by atoms with Crippen molar-refractivity contribution in [3.05, 3.63) is 132 Å². The van der Waals surface area contributed by atoms with Crippen molar-refractivity contribution >= 4 is 33.4 Å². The fourth-order valence-electron chi connectivity index (χ4n) is 6.54. The van der Waals surface area contributed by atoms with E-state index in [-0.39, 0.29) is 41.5 Å². The number of amidine groups is 1. The Hall–Kier alpha value is -5.30. The zero-order valence-corrected chi connectivity index (χ0v) is 29.9. The summed E-state index contributed by atoms with van der Waals surface area (Å²) in [6.45, 7) is 6.38. The van der Waals surface area contributed by atoms with Crippen LogP contribution < -0.4 is 26.6 Å². The molecule has 0 saturated heterocycles. The highest BCUT2D eigenvalue weighted by Gasteiger charge is 2.30. The van der Waals surface area contributed by atoms with Crippen LogP contribution in [0.4, 0.5) is 5.69 Å². The molecule has 1 aliphatic carbocycles. The summed E-state index contributed by atoms with van der Waals surface area (Å²) in [4.78, 5) is 36.9. The number of anilines is 1. The van der Waals surface area contributed by atoms with Gasteiger partial charge in [-0.1, -0.05) is 60.7 Å². The number of aryl methyl sites for hydroxylation is 1. The summed E-state index contributed by atoms with van der Waals surface area (Å²) in [5.41, 5.74) is 14.0. The molecule has 1 saturated carbocycles. The van der Waals surface area contributed by atoms with E-state index in [2.05, 4.69) is 32.4 Å². The number of nitrogens with two attached hydrogens (primary N) is 1. The molecule has 2 aliphatic rings. The average molecular weight is 721 g/mol. The van der Waals surface area contributed by atoms with Crippen LogP contribution in [0, 0.1) is 18.8 Å². The number of amides is 2. The third kappa shape index (κ3) is 9.13. The Balaban J connectivity index is 1.21. The number of rotatable bonds is 13. The van der Waals surface area contributed by atoms with Gasteiger partial charge in [-0.3, -0.25) is 9.59 Å².